The molecule has 3 aromatic heterocycles. The van der Waals surface area contributed by atoms with Gasteiger partial charge in [-0.25, -0.2) is 19.9 Å². The van der Waals surface area contributed by atoms with Crippen LogP contribution in [0.5, 0.6) is 0 Å². The Labute approximate surface area is 190 Å². The van der Waals surface area contributed by atoms with E-state index >= 15 is 0 Å². The van der Waals surface area contributed by atoms with E-state index in [-0.39, 0.29) is 29.3 Å². The molecule has 1 fully saturated rings. The van der Waals surface area contributed by atoms with Crippen molar-refractivity contribution in [2.24, 2.45) is 0 Å². The summed E-state index contributed by atoms with van der Waals surface area (Å²) in [4.78, 5) is 46.7. The molecule has 3 heterocycles. The lowest BCUT2D eigenvalue weighted by Gasteiger charge is -2.18. The molecule has 0 aliphatic heterocycles. The SMILES string of the molecule is CC(C)(O)CNC(=O)c1cnccc1NC(=O)c1nc(C2CC2)cnc1Nc1cncnc1. The predicted octanol–water partition coefficient (Wildman–Crippen LogP) is 2.04. The topological polar surface area (TPSA) is 155 Å². The zero-order chi connectivity index (χ0) is 23.4. The van der Waals surface area contributed by atoms with Crippen LogP contribution in [-0.4, -0.2) is 54.0 Å². The van der Waals surface area contributed by atoms with Gasteiger partial charge in [-0.15, -0.1) is 0 Å². The van der Waals surface area contributed by atoms with Gasteiger partial charge >= 0.3 is 0 Å². The highest BCUT2D eigenvalue weighted by atomic mass is 16.3. The van der Waals surface area contributed by atoms with E-state index in [9.17, 15) is 14.7 Å². The Kier molecular flexibility index (Phi) is 6.22. The molecule has 0 radical (unpaired) electrons. The summed E-state index contributed by atoms with van der Waals surface area (Å²) in [6, 6.07) is 1.52. The Hall–Kier alpha value is -3.99. The summed E-state index contributed by atoms with van der Waals surface area (Å²) in [6.07, 6.45) is 11.0. The lowest BCUT2D eigenvalue weighted by molar-refractivity contribution is 0.0694. The molecule has 1 aliphatic carbocycles. The molecule has 33 heavy (non-hydrogen) atoms. The Morgan fingerprint density at radius 1 is 1.09 bits per heavy atom. The van der Waals surface area contributed by atoms with Crippen LogP contribution >= 0.6 is 0 Å². The van der Waals surface area contributed by atoms with Crippen LogP contribution in [0.1, 0.15) is 59.1 Å². The number of hydrogen-bond acceptors (Lipinski definition) is 9. The Balaban J connectivity index is 1.59. The monoisotopic (exact) mass is 448 g/mol. The Morgan fingerprint density at radius 3 is 2.55 bits per heavy atom. The predicted molar refractivity (Wildman–Crippen MR) is 120 cm³/mol. The van der Waals surface area contributed by atoms with Crippen molar-refractivity contribution in [2.45, 2.75) is 38.2 Å². The minimum atomic E-state index is -1.08. The molecule has 4 rings (SSSR count). The molecule has 1 saturated carbocycles. The maximum Gasteiger partial charge on any atom is 0.278 e. The van der Waals surface area contributed by atoms with Gasteiger partial charge in [0.05, 0.1) is 46.8 Å². The van der Waals surface area contributed by atoms with Crippen molar-refractivity contribution in [1.29, 1.82) is 0 Å². The highest BCUT2D eigenvalue weighted by Crippen LogP contribution is 2.39. The van der Waals surface area contributed by atoms with Crippen molar-refractivity contribution in [1.82, 2.24) is 30.2 Å². The second-order valence-corrected chi connectivity index (χ2v) is 8.39. The lowest BCUT2D eigenvalue weighted by atomic mass is 10.1. The molecule has 11 nitrogen and oxygen atoms in total. The third kappa shape index (κ3) is 5.83. The standard InChI is InChI=1S/C22H24N8O3/c1-22(2,33)11-27-20(31)15-9-23-6-5-16(15)30-21(32)18-19(28-14-7-24-12-25-8-14)26-10-17(29-18)13-3-4-13/h5-10,12-13,33H,3-4,11H2,1-2H3,(H,26,28)(H,27,31)(H,23,30,32). The van der Waals surface area contributed by atoms with E-state index in [2.05, 4.69) is 40.9 Å². The molecule has 0 bridgehead atoms. The molecular weight excluding hydrogens is 424 g/mol. The van der Waals surface area contributed by atoms with Crippen LogP contribution < -0.4 is 16.0 Å². The third-order valence-electron chi connectivity index (χ3n) is 4.82. The number of nitrogens with one attached hydrogen (secondary N) is 3. The zero-order valence-electron chi connectivity index (χ0n) is 18.2. The van der Waals surface area contributed by atoms with Gasteiger partial charge in [-0.1, -0.05) is 0 Å². The quantitative estimate of drug-likeness (QED) is 0.405. The molecule has 0 unspecified atom stereocenters. The van der Waals surface area contributed by atoms with Gasteiger partial charge in [0.15, 0.2) is 11.5 Å². The van der Waals surface area contributed by atoms with Gasteiger partial charge in [0.2, 0.25) is 0 Å². The zero-order valence-corrected chi connectivity index (χ0v) is 18.2. The molecule has 4 N–H and O–H groups in total. The van der Waals surface area contributed by atoms with Crippen molar-refractivity contribution < 1.29 is 14.7 Å². The summed E-state index contributed by atoms with van der Waals surface area (Å²) in [6.45, 7) is 3.20. The maximum atomic E-state index is 13.2. The molecule has 0 spiro atoms. The van der Waals surface area contributed by atoms with Crippen LogP contribution in [0, 0.1) is 0 Å². The number of hydrogen-bond donors (Lipinski definition) is 4. The number of nitrogens with zero attached hydrogens (tertiary/aromatic N) is 5. The van der Waals surface area contributed by atoms with Gasteiger partial charge < -0.3 is 21.1 Å². The first kappa shape index (κ1) is 22.2. The van der Waals surface area contributed by atoms with Crippen LogP contribution in [0.25, 0.3) is 0 Å². The second kappa shape index (κ2) is 9.25. The van der Waals surface area contributed by atoms with E-state index in [1.165, 1.54) is 24.8 Å². The van der Waals surface area contributed by atoms with E-state index in [1.54, 1.807) is 32.4 Å². The minimum absolute atomic E-state index is 0.0379. The number of pyridine rings is 1. The first-order valence-electron chi connectivity index (χ1n) is 10.4. The van der Waals surface area contributed by atoms with Crippen molar-refractivity contribution in [3.05, 3.63) is 60.3 Å². The third-order valence-corrected chi connectivity index (χ3v) is 4.82. The van der Waals surface area contributed by atoms with Gasteiger partial charge in [0, 0.05) is 24.9 Å². The number of aromatic nitrogens is 5. The summed E-state index contributed by atoms with van der Waals surface area (Å²) in [5.74, 6) is -0.471. The van der Waals surface area contributed by atoms with Crippen LogP contribution in [0.4, 0.5) is 17.2 Å². The van der Waals surface area contributed by atoms with Crippen molar-refractivity contribution in [2.75, 3.05) is 17.2 Å². The van der Waals surface area contributed by atoms with Crippen molar-refractivity contribution in [3.63, 3.8) is 0 Å². The van der Waals surface area contributed by atoms with E-state index in [1.807, 2.05) is 0 Å². The molecule has 11 heteroatoms. The number of carbonyl (C=O) groups excluding carboxylic acids is 2. The fourth-order valence-corrected chi connectivity index (χ4v) is 2.99. The van der Waals surface area contributed by atoms with Crippen LogP contribution in [0.2, 0.25) is 0 Å². The van der Waals surface area contributed by atoms with E-state index in [0.29, 0.717) is 11.6 Å². The summed E-state index contributed by atoms with van der Waals surface area (Å²) in [5, 5.41) is 18.3. The van der Waals surface area contributed by atoms with Crippen molar-refractivity contribution >= 4 is 29.0 Å². The van der Waals surface area contributed by atoms with Gasteiger partial charge in [-0.05, 0) is 32.8 Å². The molecular formula is C22H24N8O3. The largest absolute Gasteiger partial charge is 0.389 e. The molecule has 0 aromatic carbocycles. The number of anilines is 3. The van der Waals surface area contributed by atoms with E-state index in [4.69, 9.17) is 0 Å². The molecule has 1 aliphatic rings. The highest BCUT2D eigenvalue weighted by molar-refractivity contribution is 6.10. The van der Waals surface area contributed by atoms with Gasteiger partial charge in [0.1, 0.15) is 6.33 Å². The summed E-state index contributed by atoms with van der Waals surface area (Å²) < 4.78 is 0. The first-order valence-corrected chi connectivity index (χ1v) is 10.4. The molecule has 0 saturated heterocycles. The highest BCUT2D eigenvalue weighted by Gasteiger charge is 2.28. The Morgan fingerprint density at radius 2 is 1.85 bits per heavy atom. The fraction of sp³-hybridized carbons (Fsp3) is 0.318. The smallest absolute Gasteiger partial charge is 0.278 e. The summed E-state index contributed by atoms with van der Waals surface area (Å²) >= 11 is 0. The minimum Gasteiger partial charge on any atom is -0.389 e. The maximum absolute atomic E-state index is 13.2. The van der Waals surface area contributed by atoms with E-state index in [0.717, 1.165) is 18.5 Å². The van der Waals surface area contributed by atoms with Gasteiger partial charge in [-0.2, -0.15) is 0 Å². The van der Waals surface area contributed by atoms with Crippen LogP contribution in [0.15, 0.2) is 43.4 Å². The van der Waals surface area contributed by atoms with Crippen LogP contribution in [0.3, 0.4) is 0 Å². The average molecular weight is 448 g/mol. The van der Waals surface area contributed by atoms with Crippen molar-refractivity contribution in [3.8, 4) is 0 Å². The normalized spacial score (nSPS) is 13.3. The summed E-state index contributed by atoms with van der Waals surface area (Å²) in [7, 11) is 0. The first-order chi connectivity index (χ1) is 15.8. The number of aliphatic hydroxyl groups is 1. The summed E-state index contributed by atoms with van der Waals surface area (Å²) in [5.41, 5.74) is 0.719. The van der Waals surface area contributed by atoms with E-state index < -0.39 is 17.4 Å². The Bertz CT molecular complexity index is 1160. The fourth-order valence-electron chi connectivity index (χ4n) is 2.99. The molecule has 2 amide bonds. The number of amides is 2. The average Bonchev–Trinajstić information content (AvgIpc) is 3.64. The lowest BCUT2D eigenvalue weighted by Crippen LogP contribution is -2.38. The molecule has 3 aromatic rings. The number of rotatable bonds is 8. The molecule has 170 valence electrons. The van der Waals surface area contributed by atoms with Crippen LogP contribution in [-0.2, 0) is 0 Å². The van der Waals surface area contributed by atoms with Gasteiger partial charge in [0.25, 0.3) is 11.8 Å². The van der Waals surface area contributed by atoms with Gasteiger partial charge in [-0.3, -0.25) is 14.6 Å². The molecule has 0 atom stereocenters. The number of carbonyl (C=O) groups is 2. The second-order valence-electron chi connectivity index (χ2n) is 8.39.